The monoisotopic (exact) mass is 212 g/mol. The highest BCUT2D eigenvalue weighted by atomic mass is 35.5. The van der Waals surface area contributed by atoms with Gasteiger partial charge in [-0.2, -0.15) is 0 Å². The molecule has 1 heterocycles. The number of nitrogens with one attached hydrogen (secondary N) is 1. The molecule has 3 N–H and O–H groups in total. The zero-order valence-electron chi connectivity index (χ0n) is 7.50. The molecule has 0 aromatic heterocycles. The molecule has 1 atom stereocenters. The SMILES string of the molecule is COc1ccc(Cl)c2c1C(N)C(=O)N2. The van der Waals surface area contributed by atoms with Crippen LogP contribution in [0.25, 0.3) is 0 Å². The lowest BCUT2D eigenvalue weighted by Gasteiger charge is -2.09. The van der Waals surface area contributed by atoms with Gasteiger partial charge in [0.1, 0.15) is 11.8 Å². The van der Waals surface area contributed by atoms with Crippen molar-refractivity contribution in [3.63, 3.8) is 0 Å². The first kappa shape index (κ1) is 9.30. The first-order chi connectivity index (χ1) is 6.65. The Balaban J connectivity index is 2.64. The van der Waals surface area contributed by atoms with Crippen molar-refractivity contribution < 1.29 is 9.53 Å². The first-order valence-corrected chi connectivity index (χ1v) is 4.45. The zero-order valence-corrected chi connectivity index (χ0v) is 8.26. The number of amides is 1. The Hall–Kier alpha value is -1.26. The molecule has 74 valence electrons. The average molecular weight is 213 g/mol. The second kappa shape index (κ2) is 3.15. The van der Waals surface area contributed by atoms with Crippen molar-refractivity contribution in [2.24, 2.45) is 5.73 Å². The number of hydrogen-bond donors (Lipinski definition) is 2. The molecule has 1 aromatic rings. The zero-order chi connectivity index (χ0) is 10.3. The van der Waals surface area contributed by atoms with Crippen molar-refractivity contribution in [3.8, 4) is 5.75 Å². The highest BCUT2D eigenvalue weighted by molar-refractivity contribution is 6.34. The first-order valence-electron chi connectivity index (χ1n) is 4.08. The van der Waals surface area contributed by atoms with E-state index in [0.29, 0.717) is 22.0 Å². The van der Waals surface area contributed by atoms with E-state index in [1.165, 1.54) is 7.11 Å². The molecule has 5 heteroatoms. The van der Waals surface area contributed by atoms with Crippen molar-refractivity contribution in [2.45, 2.75) is 6.04 Å². The van der Waals surface area contributed by atoms with E-state index in [1.807, 2.05) is 0 Å². The van der Waals surface area contributed by atoms with Gasteiger partial charge in [0.25, 0.3) is 0 Å². The van der Waals surface area contributed by atoms with E-state index in [1.54, 1.807) is 12.1 Å². The fourth-order valence-electron chi connectivity index (χ4n) is 1.52. The van der Waals surface area contributed by atoms with Crippen LogP contribution in [-0.2, 0) is 4.79 Å². The third-order valence-corrected chi connectivity index (χ3v) is 2.53. The molecule has 0 bridgehead atoms. The van der Waals surface area contributed by atoms with Gasteiger partial charge in [-0.05, 0) is 12.1 Å². The van der Waals surface area contributed by atoms with E-state index >= 15 is 0 Å². The fourth-order valence-corrected chi connectivity index (χ4v) is 1.73. The van der Waals surface area contributed by atoms with Crippen LogP contribution in [0, 0.1) is 0 Å². The summed E-state index contributed by atoms with van der Waals surface area (Å²) in [4.78, 5) is 11.3. The summed E-state index contributed by atoms with van der Waals surface area (Å²) in [6.45, 7) is 0. The predicted molar refractivity (Wildman–Crippen MR) is 53.6 cm³/mol. The van der Waals surface area contributed by atoms with Gasteiger partial charge in [0.2, 0.25) is 5.91 Å². The second-order valence-electron chi connectivity index (χ2n) is 3.01. The lowest BCUT2D eigenvalue weighted by molar-refractivity contribution is -0.116. The summed E-state index contributed by atoms with van der Waals surface area (Å²) in [6.07, 6.45) is 0. The number of rotatable bonds is 1. The maximum atomic E-state index is 11.3. The minimum atomic E-state index is -0.696. The maximum Gasteiger partial charge on any atom is 0.246 e. The Bertz CT molecular complexity index is 406. The van der Waals surface area contributed by atoms with Gasteiger partial charge in [0, 0.05) is 5.56 Å². The number of benzene rings is 1. The third kappa shape index (κ3) is 1.15. The summed E-state index contributed by atoms with van der Waals surface area (Å²) in [5.41, 5.74) is 6.87. The lowest BCUT2D eigenvalue weighted by atomic mass is 10.1. The number of fused-ring (bicyclic) bond motifs is 1. The number of halogens is 1. The molecule has 0 saturated carbocycles. The van der Waals surface area contributed by atoms with Gasteiger partial charge >= 0.3 is 0 Å². The quantitative estimate of drug-likeness (QED) is 0.738. The normalized spacial score (nSPS) is 19.1. The molecule has 0 fully saturated rings. The molecule has 1 amide bonds. The largest absolute Gasteiger partial charge is 0.496 e. The maximum absolute atomic E-state index is 11.3. The summed E-state index contributed by atoms with van der Waals surface area (Å²) in [7, 11) is 1.53. The van der Waals surface area contributed by atoms with Crippen LogP contribution in [0.2, 0.25) is 5.02 Å². The van der Waals surface area contributed by atoms with Gasteiger partial charge in [0.15, 0.2) is 0 Å². The molecule has 0 aliphatic carbocycles. The molecule has 0 radical (unpaired) electrons. The van der Waals surface area contributed by atoms with Gasteiger partial charge in [-0.15, -0.1) is 0 Å². The second-order valence-corrected chi connectivity index (χ2v) is 3.41. The van der Waals surface area contributed by atoms with E-state index < -0.39 is 6.04 Å². The summed E-state index contributed by atoms with van der Waals surface area (Å²) >= 11 is 5.90. The van der Waals surface area contributed by atoms with E-state index in [-0.39, 0.29) is 5.91 Å². The Morgan fingerprint density at radius 1 is 1.57 bits per heavy atom. The number of hydrogen-bond acceptors (Lipinski definition) is 3. The topological polar surface area (TPSA) is 64.3 Å². The minimum Gasteiger partial charge on any atom is -0.496 e. The summed E-state index contributed by atoms with van der Waals surface area (Å²) in [5, 5.41) is 3.09. The van der Waals surface area contributed by atoms with Gasteiger partial charge in [-0.1, -0.05) is 11.6 Å². The van der Waals surface area contributed by atoms with Crippen LogP contribution in [0.3, 0.4) is 0 Å². The van der Waals surface area contributed by atoms with Crippen LogP contribution in [-0.4, -0.2) is 13.0 Å². The summed E-state index contributed by atoms with van der Waals surface area (Å²) < 4.78 is 5.10. The number of ether oxygens (including phenoxy) is 1. The van der Waals surface area contributed by atoms with Crippen LogP contribution in [0.5, 0.6) is 5.75 Å². The average Bonchev–Trinajstić information content (AvgIpc) is 2.47. The molecule has 14 heavy (non-hydrogen) atoms. The molecule has 1 aromatic carbocycles. The van der Waals surface area contributed by atoms with Gasteiger partial charge < -0.3 is 15.8 Å². The van der Waals surface area contributed by atoms with Crippen LogP contribution < -0.4 is 15.8 Å². The molecular weight excluding hydrogens is 204 g/mol. The van der Waals surface area contributed by atoms with E-state index in [9.17, 15) is 4.79 Å². The Kier molecular flexibility index (Phi) is 2.09. The van der Waals surface area contributed by atoms with E-state index in [2.05, 4.69) is 5.32 Å². The van der Waals surface area contributed by atoms with Crippen LogP contribution in [0.4, 0.5) is 5.69 Å². The van der Waals surface area contributed by atoms with Crippen molar-refractivity contribution in [1.82, 2.24) is 0 Å². The number of carbonyl (C=O) groups is 1. The third-order valence-electron chi connectivity index (χ3n) is 2.22. The number of carbonyl (C=O) groups excluding carboxylic acids is 1. The molecule has 0 saturated heterocycles. The number of methoxy groups -OCH3 is 1. The molecular formula is C9H9ClN2O2. The molecule has 4 nitrogen and oxygen atoms in total. The molecule has 1 aliphatic rings. The van der Waals surface area contributed by atoms with E-state index in [4.69, 9.17) is 22.1 Å². The Morgan fingerprint density at radius 3 is 2.93 bits per heavy atom. The highest BCUT2D eigenvalue weighted by Gasteiger charge is 2.32. The predicted octanol–water partition coefficient (Wildman–Crippen LogP) is 1.30. The molecule has 2 rings (SSSR count). The lowest BCUT2D eigenvalue weighted by Crippen LogP contribution is -2.19. The molecule has 1 aliphatic heterocycles. The van der Waals surface area contributed by atoms with Crippen LogP contribution >= 0.6 is 11.6 Å². The van der Waals surface area contributed by atoms with Crippen LogP contribution in [0.1, 0.15) is 11.6 Å². The van der Waals surface area contributed by atoms with E-state index in [0.717, 1.165) is 0 Å². The summed E-state index contributed by atoms with van der Waals surface area (Å²) in [5.74, 6) is 0.321. The van der Waals surface area contributed by atoms with Gasteiger partial charge in [0.05, 0.1) is 17.8 Å². The van der Waals surface area contributed by atoms with Crippen LogP contribution in [0.15, 0.2) is 12.1 Å². The Morgan fingerprint density at radius 2 is 2.29 bits per heavy atom. The van der Waals surface area contributed by atoms with Crippen molar-refractivity contribution in [3.05, 3.63) is 22.7 Å². The molecule has 1 unspecified atom stereocenters. The van der Waals surface area contributed by atoms with Gasteiger partial charge in [-0.3, -0.25) is 4.79 Å². The fraction of sp³-hybridized carbons (Fsp3) is 0.222. The highest BCUT2D eigenvalue weighted by Crippen LogP contribution is 2.41. The van der Waals surface area contributed by atoms with Crippen molar-refractivity contribution >= 4 is 23.2 Å². The smallest absolute Gasteiger partial charge is 0.246 e. The molecule has 0 spiro atoms. The van der Waals surface area contributed by atoms with Crippen molar-refractivity contribution in [1.29, 1.82) is 0 Å². The van der Waals surface area contributed by atoms with Crippen molar-refractivity contribution in [2.75, 3.05) is 12.4 Å². The standard InChI is InChI=1S/C9H9ClN2O2/c1-14-5-3-2-4(10)8-6(5)7(11)9(13)12-8/h2-3,7H,11H2,1H3,(H,12,13). The van der Waals surface area contributed by atoms with Gasteiger partial charge in [-0.25, -0.2) is 0 Å². The number of anilines is 1. The minimum absolute atomic E-state index is 0.258. The Labute approximate surface area is 86.0 Å². The number of nitrogens with two attached hydrogens (primary N) is 1. The summed E-state index contributed by atoms with van der Waals surface area (Å²) in [6, 6.07) is 2.66.